The lowest BCUT2D eigenvalue weighted by atomic mass is 10.00. The van der Waals surface area contributed by atoms with Gasteiger partial charge in [-0.3, -0.25) is 4.79 Å². The number of benzene rings is 1. The zero-order valence-electron chi connectivity index (χ0n) is 11.2. The van der Waals surface area contributed by atoms with Crippen LogP contribution in [0.25, 0.3) is 0 Å². The Kier molecular flexibility index (Phi) is 3.82. The molecule has 0 spiro atoms. The maximum Gasteiger partial charge on any atom is 0.266 e. The lowest BCUT2D eigenvalue weighted by Crippen LogP contribution is -2.14. The van der Waals surface area contributed by atoms with E-state index in [0.717, 1.165) is 17.7 Å². The number of aromatic nitrogens is 1. The number of hydrogen-bond acceptors (Lipinski definition) is 2. The van der Waals surface area contributed by atoms with Gasteiger partial charge in [0.15, 0.2) is 0 Å². The highest BCUT2D eigenvalue weighted by Gasteiger charge is 2.08. The highest BCUT2D eigenvalue weighted by atomic mass is 16.1. The van der Waals surface area contributed by atoms with Gasteiger partial charge >= 0.3 is 0 Å². The Hall–Kier alpha value is -2.34. The topological polar surface area (TPSA) is 56.6 Å². The van der Waals surface area contributed by atoms with Gasteiger partial charge in [-0.05, 0) is 43.9 Å². The molecule has 0 unspecified atom stereocenters. The second-order valence-electron chi connectivity index (χ2n) is 4.78. The van der Waals surface area contributed by atoms with E-state index in [9.17, 15) is 4.79 Å². The predicted octanol–water partition coefficient (Wildman–Crippen LogP) is 2.65. The van der Waals surface area contributed by atoms with Crippen LogP contribution in [0.3, 0.4) is 0 Å². The third-order valence-corrected chi connectivity index (χ3v) is 3.13. The second-order valence-corrected chi connectivity index (χ2v) is 4.78. The Bertz CT molecular complexity index is 693. The van der Waals surface area contributed by atoms with Crippen LogP contribution >= 0.6 is 0 Å². The maximum absolute atomic E-state index is 11.7. The summed E-state index contributed by atoms with van der Waals surface area (Å²) in [6, 6.07) is 12.2. The number of rotatable bonds is 3. The first kappa shape index (κ1) is 13.1. The lowest BCUT2D eigenvalue weighted by molar-refractivity contribution is 0.935. The Morgan fingerprint density at radius 3 is 2.68 bits per heavy atom. The van der Waals surface area contributed by atoms with E-state index < -0.39 is 0 Å². The third kappa shape index (κ3) is 3.11. The van der Waals surface area contributed by atoms with Crippen molar-refractivity contribution in [2.45, 2.75) is 26.7 Å². The van der Waals surface area contributed by atoms with Gasteiger partial charge < -0.3 is 4.98 Å². The summed E-state index contributed by atoms with van der Waals surface area (Å²) in [5, 5.41) is 9.06. The minimum absolute atomic E-state index is 0.234. The third-order valence-electron chi connectivity index (χ3n) is 3.13. The minimum Gasteiger partial charge on any atom is -0.325 e. The molecule has 1 aromatic heterocycles. The molecule has 2 aromatic rings. The van der Waals surface area contributed by atoms with E-state index in [1.165, 1.54) is 11.1 Å². The minimum atomic E-state index is -0.290. The number of hydrogen-bond donors (Lipinski definition) is 1. The molecule has 0 aliphatic heterocycles. The SMILES string of the molecule is Cc1cccc(CCc2cc(C)[nH]c(=O)c2C#N)c1. The van der Waals surface area contributed by atoms with Gasteiger partial charge in [-0.15, -0.1) is 0 Å². The molecule has 0 atom stereocenters. The van der Waals surface area contributed by atoms with Crippen molar-refractivity contribution in [2.75, 3.05) is 0 Å². The van der Waals surface area contributed by atoms with E-state index in [1.54, 1.807) is 0 Å². The van der Waals surface area contributed by atoms with E-state index in [1.807, 2.05) is 25.1 Å². The Labute approximate surface area is 112 Å². The van der Waals surface area contributed by atoms with Gasteiger partial charge in [0.1, 0.15) is 11.6 Å². The first-order valence-electron chi connectivity index (χ1n) is 6.28. The summed E-state index contributed by atoms with van der Waals surface area (Å²) in [7, 11) is 0. The highest BCUT2D eigenvalue weighted by molar-refractivity contribution is 5.37. The van der Waals surface area contributed by atoms with E-state index in [2.05, 4.69) is 30.1 Å². The number of H-pyrrole nitrogens is 1. The molecule has 0 saturated carbocycles. The van der Waals surface area contributed by atoms with Crippen LogP contribution in [0.4, 0.5) is 0 Å². The maximum atomic E-state index is 11.7. The van der Waals surface area contributed by atoms with Gasteiger partial charge in [0, 0.05) is 5.69 Å². The summed E-state index contributed by atoms with van der Waals surface area (Å²) < 4.78 is 0. The normalized spacial score (nSPS) is 10.2. The largest absolute Gasteiger partial charge is 0.325 e. The van der Waals surface area contributed by atoms with Gasteiger partial charge in [0.05, 0.1) is 0 Å². The van der Waals surface area contributed by atoms with Crippen molar-refractivity contribution < 1.29 is 0 Å². The molecule has 0 radical (unpaired) electrons. The molecule has 2 rings (SSSR count). The van der Waals surface area contributed by atoms with Gasteiger partial charge in [-0.2, -0.15) is 5.26 Å². The van der Waals surface area contributed by atoms with Crippen LogP contribution in [0.15, 0.2) is 35.1 Å². The molecule has 19 heavy (non-hydrogen) atoms. The molecule has 0 fully saturated rings. The molecule has 1 aromatic carbocycles. The molecule has 0 saturated heterocycles. The summed E-state index contributed by atoms with van der Waals surface area (Å²) in [5.41, 5.74) is 4.01. The van der Waals surface area contributed by atoms with E-state index in [0.29, 0.717) is 6.42 Å². The zero-order chi connectivity index (χ0) is 13.8. The predicted molar refractivity (Wildman–Crippen MR) is 75.1 cm³/mol. The molecule has 0 aliphatic carbocycles. The number of pyridine rings is 1. The van der Waals surface area contributed by atoms with Crippen LogP contribution in [0, 0.1) is 25.2 Å². The number of aromatic amines is 1. The Morgan fingerprint density at radius 1 is 1.21 bits per heavy atom. The molecule has 96 valence electrons. The Balaban J connectivity index is 2.25. The van der Waals surface area contributed by atoms with Gasteiger partial charge in [0.2, 0.25) is 0 Å². The smallest absolute Gasteiger partial charge is 0.266 e. The molecule has 1 heterocycles. The van der Waals surface area contributed by atoms with E-state index >= 15 is 0 Å². The fourth-order valence-corrected chi connectivity index (χ4v) is 2.22. The number of aryl methyl sites for hydroxylation is 4. The van der Waals surface area contributed by atoms with Crippen molar-refractivity contribution in [1.29, 1.82) is 5.26 Å². The summed E-state index contributed by atoms with van der Waals surface area (Å²) in [6.45, 7) is 3.89. The molecule has 3 nitrogen and oxygen atoms in total. The fourth-order valence-electron chi connectivity index (χ4n) is 2.22. The molecule has 1 N–H and O–H groups in total. The average molecular weight is 252 g/mol. The lowest BCUT2D eigenvalue weighted by Gasteiger charge is -2.06. The molecule has 0 amide bonds. The van der Waals surface area contributed by atoms with Crippen molar-refractivity contribution in [3.8, 4) is 6.07 Å². The monoisotopic (exact) mass is 252 g/mol. The van der Waals surface area contributed by atoms with Crippen LogP contribution in [0.2, 0.25) is 0 Å². The van der Waals surface area contributed by atoms with Crippen LogP contribution < -0.4 is 5.56 Å². The van der Waals surface area contributed by atoms with Crippen molar-refractivity contribution in [1.82, 2.24) is 4.98 Å². The fraction of sp³-hybridized carbons (Fsp3) is 0.250. The number of nitrogens with zero attached hydrogens (tertiary/aromatic N) is 1. The van der Waals surface area contributed by atoms with Crippen molar-refractivity contribution in [2.24, 2.45) is 0 Å². The molecule has 3 heteroatoms. The van der Waals surface area contributed by atoms with Crippen LogP contribution in [0.1, 0.15) is 27.9 Å². The summed E-state index contributed by atoms with van der Waals surface area (Å²) in [4.78, 5) is 14.3. The van der Waals surface area contributed by atoms with E-state index in [-0.39, 0.29) is 11.1 Å². The Morgan fingerprint density at radius 2 is 2.00 bits per heavy atom. The van der Waals surface area contributed by atoms with E-state index in [4.69, 9.17) is 5.26 Å². The molecular formula is C16H16N2O. The van der Waals surface area contributed by atoms with Crippen molar-refractivity contribution >= 4 is 0 Å². The molecule has 0 bridgehead atoms. The molecular weight excluding hydrogens is 236 g/mol. The van der Waals surface area contributed by atoms with Crippen LogP contribution in [-0.4, -0.2) is 4.98 Å². The first-order valence-corrected chi connectivity index (χ1v) is 6.28. The van der Waals surface area contributed by atoms with Crippen molar-refractivity contribution in [3.05, 3.63) is 68.6 Å². The average Bonchev–Trinajstić information content (AvgIpc) is 2.36. The quantitative estimate of drug-likeness (QED) is 0.913. The standard InChI is InChI=1S/C16H16N2O/c1-11-4-3-5-13(8-11)6-7-14-9-12(2)18-16(19)15(14)10-17/h3-5,8-9H,6-7H2,1-2H3,(H,18,19). The summed E-state index contributed by atoms with van der Waals surface area (Å²) in [5.74, 6) is 0. The van der Waals surface area contributed by atoms with Crippen LogP contribution in [0.5, 0.6) is 0 Å². The first-order chi connectivity index (χ1) is 9.10. The zero-order valence-corrected chi connectivity index (χ0v) is 11.2. The van der Waals surface area contributed by atoms with Crippen molar-refractivity contribution in [3.63, 3.8) is 0 Å². The number of nitriles is 1. The van der Waals surface area contributed by atoms with Gasteiger partial charge in [0.25, 0.3) is 5.56 Å². The second kappa shape index (κ2) is 5.53. The van der Waals surface area contributed by atoms with Gasteiger partial charge in [-0.25, -0.2) is 0 Å². The van der Waals surface area contributed by atoms with Crippen LogP contribution in [-0.2, 0) is 12.8 Å². The summed E-state index contributed by atoms with van der Waals surface area (Å²) >= 11 is 0. The highest BCUT2D eigenvalue weighted by Crippen LogP contribution is 2.11. The van der Waals surface area contributed by atoms with Gasteiger partial charge in [-0.1, -0.05) is 29.8 Å². The summed E-state index contributed by atoms with van der Waals surface area (Å²) in [6.07, 6.45) is 1.54. The number of nitrogens with one attached hydrogen (secondary N) is 1. The molecule has 0 aliphatic rings.